The van der Waals surface area contributed by atoms with Crippen molar-refractivity contribution in [2.45, 2.75) is 38.8 Å². The van der Waals surface area contributed by atoms with E-state index in [0.717, 1.165) is 0 Å². The predicted molar refractivity (Wildman–Crippen MR) is 82.8 cm³/mol. The Kier molecular flexibility index (Phi) is 4.47. The molecule has 1 amide bonds. The molecule has 0 unspecified atom stereocenters. The van der Waals surface area contributed by atoms with Gasteiger partial charge in [-0.2, -0.15) is 0 Å². The van der Waals surface area contributed by atoms with E-state index in [2.05, 4.69) is 10.2 Å². The zero-order chi connectivity index (χ0) is 16.4. The molecule has 3 heterocycles. The van der Waals surface area contributed by atoms with Crippen LogP contribution in [0.5, 0.6) is 0 Å². The van der Waals surface area contributed by atoms with Crippen LogP contribution < -0.4 is 0 Å². The average Bonchev–Trinajstić information content (AvgIpc) is 3.24. The number of morpholine rings is 1. The van der Waals surface area contributed by atoms with Gasteiger partial charge in [-0.25, -0.2) is 0 Å². The van der Waals surface area contributed by atoms with E-state index in [-0.39, 0.29) is 23.9 Å². The van der Waals surface area contributed by atoms with Crippen molar-refractivity contribution in [3.8, 4) is 0 Å². The molecular formula is C16H22N4O3. The molecule has 1 saturated heterocycles. The highest BCUT2D eigenvalue weighted by atomic mass is 16.5. The van der Waals surface area contributed by atoms with Gasteiger partial charge >= 0.3 is 0 Å². The molecule has 0 bridgehead atoms. The van der Waals surface area contributed by atoms with Gasteiger partial charge in [-0.1, -0.05) is 13.8 Å². The van der Waals surface area contributed by atoms with Crippen LogP contribution in [0.1, 0.15) is 50.6 Å². The van der Waals surface area contributed by atoms with Crippen molar-refractivity contribution in [3.63, 3.8) is 0 Å². The first kappa shape index (κ1) is 15.7. The Labute approximate surface area is 135 Å². The summed E-state index contributed by atoms with van der Waals surface area (Å²) in [5.41, 5.74) is 0. The Morgan fingerprint density at radius 1 is 1.26 bits per heavy atom. The first-order chi connectivity index (χ1) is 11.1. The number of amides is 1. The Bertz CT molecular complexity index is 650. The maximum absolute atomic E-state index is 12.9. The number of aromatic nitrogens is 3. The molecule has 2 aromatic rings. The molecule has 2 aromatic heterocycles. The standard InChI is InChI=1S/C16H22N4O3/c1-11(2)14-17-18-15(23-14)13-10-22-9-8-20(13)16(21)12(3)19-6-4-5-7-19/h4-7,11-13H,8-10H2,1-3H3/t12-,13+/m0/s1. The van der Waals surface area contributed by atoms with E-state index in [1.165, 1.54) is 0 Å². The first-order valence-electron chi connectivity index (χ1n) is 7.92. The van der Waals surface area contributed by atoms with Gasteiger partial charge in [0.15, 0.2) is 0 Å². The normalized spacial score (nSPS) is 20.0. The summed E-state index contributed by atoms with van der Waals surface area (Å²) in [6.07, 6.45) is 3.78. The number of carbonyl (C=O) groups excluding carboxylic acids is 1. The van der Waals surface area contributed by atoms with Gasteiger partial charge < -0.3 is 18.6 Å². The van der Waals surface area contributed by atoms with Crippen LogP contribution in [0.25, 0.3) is 0 Å². The Balaban J connectivity index is 1.81. The third kappa shape index (κ3) is 3.14. The van der Waals surface area contributed by atoms with Gasteiger partial charge in [-0.3, -0.25) is 4.79 Å². The molecule has 124 valence electrons. The minimum Gasteiger partial charge on any atom is -0.423 e. The van der Waals surface area contributed by atoms with Gasteiger partial charge in [0, 0.05) is 24.9 Å². The van der Waals surface area contributed by atoms with Gasteiger partial charge in [-0.15, -0.1) is 10.2 Å². The number of hydrogen-bond donors (Lipinski definition) is 0. The minimum atomic E-state index is -0.325. The second-order valence-electron chi connectivity index (χ2n) is 6.06. The lowest BCUT2D eigenvalue weighted by atomic mass is 10.1. The molecule has 1 aliphatic heterocycles. The lowest BCUT2D eigenvalue weighted by molar-refractivity contribution is -0.144. The average molecular weight is 318 g/mol. The zero-order valence-corrected chi connectivity index (χ0v) is 13.7. The van der Waals surface area contributed by atoms with Crippen molar-refractivity contribution in [3.05, 3.63) is 36.3 Å². The summed E-state index contributed by atoms with van der Waals surface area (Å²) in [7, 11) is 0. The van der Waals surface area contributed by atoms with Gasteiger partial charge in [-0.05, 0) is 19.1 Å². The van der Waals surface area contributed by atoms with E-state index in [9.17, 15) is 4.79 Å². The lowest BCUT2D eigenvalue weighted by Crippen LogP contribution is -2.46. The molecule has 23 heavy (non-hydrogen) atoms. The summed E-state index contributed by atoms with van der Waals surface area (Å²) in [5.74, 6) is 1.21. The fourth-order valence-corrected chi connectivity index (χ4v) is 2.66. The molecule has 3 rings (SSSR count). The van der Waals surface area contributed by atoms with Crippen molar-refractivity contribution in [2.75, 3.05) is 19.8 Å². The molecule has 0 spiro atoms. The number of rotatable bonds is 4. The highest BCUT2D eigenvalue weighted by molar-refractivity contribution is 5.80. The van der Waals surface area contributed by atoms with Crippen LogP contribution in [0.2, 0.25) is 0 Å². The minimum absolute atomic E-state index is 0.0267. The fourth-order valence-electron chi connectivity index (χ4n) is 2.66. The van der Waals surface area contributed by atoms with Gasteiger partial charge in [0.05, 0.1) is 13.2 Å². The van der Waals surface area contributed by atoms with Crippen LogP contribution in [0.15, 0.2) is 28.9 Å². The van der Waals surface area contributed by atoms with E-state index in [4.69, 9.17) is 9.15 Å². The molecule has 0 radical (unpaired) electrons. The molecule has 7 nitrogen and oxygen atoms in total. The quantitative estimate of drug-likeness (QED) is 0.863. The van der Waals surface area contributed by atoms with E-state index < -0.39 is 0 Å². The Hall–Kier alpha value is -2.15. The van der Waals surface area contributed by atoms with Gasteiger partial charge in [0.1, 0.15) is 12.1 Å². The van der Waals surface area contributed by atoms with Crippen LogP contribution >= 0.6 is 0 Å². The summed E-state index contributed by atoms with van der Waals surface area (Å²) in [6, 6.07) is 3.22. The predicted octanol–water partition coefficient (Wildman–Crippen LogP) is 2.16. The summed E-state index contributed by atoms with van der Waals surface area (Å²) in [5, 5.41) is 8.18. The van der Waals surface area contributed by atoms with Gasteiger partial charge in [0.25, 0.3) is 0 Å². The number of hydrogen-bond acceptors (Lipinski definition) is 5. The van der Waals surface area contributed by atoms with Crippen molar-refractivity contribution < 1.29 is 13.9 Å². The molecule has 0 N–H and O–H groups in total. The summed E-state index contributed by atoms with van der Waals surface area (Å²) in [6.45, 7) is 7.30. The maximum atomic E-state index is 12.9. The first-order valence-corrected chi connectivity index (χ1v) is 7.92. The molecule has 7 heteroatoms. The third-order valence-corrected chi connectivity index (χ3v) is 4.08. The summed E-state index contributed by atoms with van der Waals surface area (Å²) in [4.78, 5) is 14.7. The molecule has 0 aromatic carbocycles. The van der Waals surface area contributed by atoms with Crippen LogP contribution in [-0.2, 0) is 9.53 Å². The number of carbonyl (C=O) groups is 1. The Morgan fingerprint density at radius 2 is 2.00 bits per heavy atom. The number of nitrogens with zero attached hydrogens (tertiary/aromatic N) is 4. The zero-order valence-electron chi connectivity index (χ0n) is 13.7. The van der Waals surface area contributed by atoms with Crippen molar-refractivity contribution in [2.24, 2.45) is 0 Å². The topological polar surface area (TPSA) is 73.4 Å². The molecule has 1 aliphatic rings. The van der Waals surface area contributed by atoms with E-state index in [1.807, 2.05) is 49.9 Å². The monoisotopic (exact) mass is 318 g/mol. The lowest BCUT2D eigenvalue weighted by Gasteiger charge is -2.35. The third-order valence-electron chi connectivity index (χ3n) is 4.08. The van der Waals surface area contributed by atoms with Crippen LogP contribution in [0.4, 0.5) is 0 Å². The van der Waals surface area contributed by atoms with Gasteiger partial charge in [0.2, 0.25) is 17.7 Å². The molecule has 0 saturated carbocycles. The maximum Gasteiger partial charge on any atom is 0.246 e. The fraction of sp³-hybridized carbons (Fsp3) is 0.562. The largest absolute Gasteiger partial charge is 0.423 e. The SMILES string of the molecule is CC(C)c1nnc([C@H]2COCCN2C(=O)[C@H](C)n2cccc2)o1. The van der Waals surface area contributed by atoms with Crippen molar-refractivity contribution in [1.82, 2.24) is 19.7 Å². The second kappa shape index (κ2) is 6.54. The van der Waals surface area contributed by atoms with Crippen LogP contribution in [0.3, 0.4) is 0 Å². The van der Waals surface area contributed by atoms with E-state index >= 15 is 0 Å². The van der Waals surface area contributed by atoms with Crippen molar-refractivity contribution >= 4 is 5.91 Å². The molecule has 1 fully saturated rings. The molecule has 2 atom stereocenters. The highest BCUT2D eigenvalue weighted by Gasteiger charge is 2.35. The van der Waals surface area contributed by atoms with E-state index in [1.54, 1.807) is 4.90 Å². The number of ether oxygens (including phenoxy) is 1. The summed E-state index contributed by atoms with van der Waals surface area (Å²) >= 11 is 0. The van der Waals surface area contributed by atoms with Crippen molar-refractivity contribution in [1.29, 1.82) is 0 Å². The Morgan fingerprint density at radius 3 is 2.65 bits per heavy atom. The molecule has 0 aliphatic carbocycles. The highest BCUT2D eigenvalue weighted by Crippen LogP contribution is 2.27. The smallest absolute Gasteiger partial charge is 0.246 e. The van der Waals surface area contributed by atoms with E-state index in [0.29, 0.717) is 31.5 Å². The van der Waals surface area contributed by atoms with Crippen LogP contribution in [-0.4, -0.2) is 45.3 Å². The molecular weight excluding hydrogens is 296 g/mol. The summed E-state index contributed by atoms with van der Waals surface area (Å²) < 4.78 is 13.2. The second-order valence-corrected chi connectivity index (χ2v) is 6.06. The van der Waals surface area contributed by atoms with Crippen LogP contribution in [0, 0.1) is 0 Å².